The molecule has 0 fully saturated rings. The lowest BCUT2D eigenvalue weighted by molar-refractivity contribution is 0.102. The number of amides is 1. The van der Waals surface area contributed by atoms with Gasteiger partial charge in [-0.15, -0.1) is 0 Å². The van der Waals surface area contributed by atoms with Crippen LogP contribution in [0, 0.1) is 0 Å². The van der Waals surface area contributed by atoms with Gasteiger partial charge in [-0.1, -0.05) is 62.4 Å². The van der Waals surface area contributed by atoms with Crippen LogP contribution in [0.4, 0.5) is 5.69 Å². The topological polar surface area (TPSA) is 56.8 Å². The standard InChI is InChI=1S/C25H27NO4/c1-17(2)20-12-8-9-13-21(20)26-25(27)19-14-22(28-3)24(23(15-19)29-4)30-16-18-10-6-5-7-11-18/h5-15,17H,16H2,1-4H3,(H,26,27). The first-order chi connectivity index (χ1) is 14.5. The van der Waals surface area contributed by atoms with Crippen molar-refractivity contribution in [1.82, 2.24) is 0 Å². The maximum absolute atomic E-state index is 13.0. The zero-order chi connectivity index (χ0) is 21.5. The van der Waals surface area contributed by atoms with Crippen molar-refractivity contribution in [3.05, 3.63) is 83.4 Å². The van der Waals surface area contributed by atoms with Gasteiger partial charge < -0.3 is 19.5 Å². The predicted molar refractivity (Wildman–Crippen MR) is 119 cm³/mol. The number of benzene rings is 3. The molecule has 1 amide bonds. The van der Waals surface area contributed by atoms with Crippen molar-refractivity contribution in [2.45, 2.75) is 26.4 Å². The largest absolute Gasteiger partial charge is 0.493 e. The first-order valence-corrected chi connectivity index (χ1v) is 9.86. The highest BCUT2D eigenvalue weighted by Gasteiger charge is 2.19. The number of anilines is 1. The van der Waals surface area contributed by atoms with Crippen LogP contribution in [0.5, 0.6) is 17.2 Å². The molecule has 5 nitrogen and oxygen atoms in total. The molecule has 0 aliphatic carbocycles. The van der Waals surface area contributed by atoms with Gasteiger partial charge in [0.05, 0.1) is 14.2 Å². The van der Waals surface area contributed by atoms with Gasteiger partial charge in [0.2, 0.25) is 5.75 Å². The number of methoxy groups -OCH3 is 2. The molecule has 30 heavy (non-hydrogen) atoms. The van der Waals surface area contributed by atoms with E-state index < -0.39 is 0 Å². The van der Waals surface area contributed by atoms with Gasteiger partial charge >= 0.3 is 0 Å². The minimum atomic E-state index is -0.241. The van der Waals surface area contributed by atoms with Crippen LogP contribution >= 0.6 is 0 Å². The van der Waals surface area contributed by atoms with Gasteiger partial charge in [0.15, 0.2) is 11.5 Å². The molecule has 5 heteroatoms. The third-order valence-electron chi connectivity index (χ3n) is 4.78. The summed E-state index contributed by atoms with van der Waals surface area (Å²) in [6.07, 6.45) is 0. The maximum Gasteiger partial charge on any atom is 0.255 e. The van der Waals surface area contributed by atoms with Gasteiger partial charge in [0, 0.05) is 11.3 Å². The monoisotopic (exact) mass is 405 g/mol. The third kappa shape index (κ3) is 4.92. The summed E-state index contributed by atoms with van der Waals surface area (Å²) in [4.78, 5) is 13.0. The lowest BCUT2D eigenvalue weighted by Crippen LogP contribution is -2.14. The van der Waals surface area contributed by atoms with Gasteiger partial charge in [-0.3, -0.25) is 4.79 Å². The Hall–Kier alpha value is -3.47. The molecular formula is C25H27NO4. The second-order valence-electron chi connectivity index (χ2n) is 7.18. The summed E-state index contributed by atoms with van der Waals surface area (Å²) in [6.45, 7) is 4.55. The number of ether oxygens (including phenoxy) is 3. The lowest BCUT2D eigenvalue weighted by Gasteiger charge is -2.17. The summed E-state index contributed by atoms with van der Waals surface area (Å²) in [5.41, 5.74) is 3.32. The molecule has 3 rings (SSSR count). The Morgan fingerprint density at radius 2 is 1.50 bits per heavy atom. The molecule has 0 bridgehead atoms. The summed E-state index contributed by atoms with van der Waals surface area (Å²) in [6, 6.07) is 20.9. The van der Waals surface area contributed by atoms with E-state index in [-0.39, 0.29) is 5.91 Å². The number of carbonyl (C=O) groups excluding carboxylic acids is 1. The minimum Gasteiger partial charge on any atom is -0.493 e. The molecule has 0 radical (unpaired) electrons. The molecule has 0 unspecified atom stereocenters. The fourth-order valence-corrected chi connectivity index (χ4v) is 3.19. The van der Waals surface area contributed by atoms with Crippen LogP contribution in [-0.4, -0.2) is 20.1 Å². The lowest BCUT2D eigenvalue weighted by atomic mass is 10.0. The minimum absolute atomic E-state index is 0.241. The number of para-hydroxylation sites is 1. The number of nitrogens with one attached hydrogen (secondary N) is 1. The first-order valence-electron chi connectivity index (χ1n) is 9.86. The van der Waals surface area contributed by atoms with Gasteiger partial charge in [-0.05, 0) is 35.2 Å². The van der Waals surface area contributed by atoms with Crippen LogP contribution in [0.25, 0.3) is 0 Å². The summed E-state index contributed by atoms with van der Waals surface area (Å²) < 4.78 is 16.9. The molecule has 3 aromatic rings. The zero-order valence-electron chi connectivity index (χ0n) is 17.8. The second-order valence-corrected chi connectivity index (χ2v) is 7.18. The number of hydrogen-bond donors (Lipinski definition) is 1. The van der Waals surface area contributed by atoms with E-state index in [1.807, 2.05) is 54.6 Å². The van der Waals surface area contributed by atoms with Crippen LogP contribution in [0.2, 0.25) is 0 Å². The molecule has 0 atom stereocenters. The fourth-order valence-electron chi connectivity index (χ4n) is 3.19. The molecule has 0 heterocycles. The Morgan fingerprint density at radius 1 is 0.900 bits per heavy atom. The van der Waals surface area contributed by atoms with Crippen LogP contribution in [0.1, 0.15) is 41.3 Å². The number of carbonyl (C=O) groups is 1. The average molecular weight is 405 g/mol. The van der Waals surface area contributed by atoms with Crippen molar-refractivity contribution in [2.24, 2.45) is 0 Å². The number of rotatable bonds is 8. The van der Waals surface area contributed by atoms with Gasteiger partial charge in [0.1, 0.15) is 6.61 Å². The highest BCUT2D eigenvalue weighted by molar-refractivity contribution is 6.05. The van der Waals surface area contributed by atoms with E-state index in [0.717, 1.165) is 16.8 Å². The van der Waals surface area contributed by atoms with E-state index in [4.69, 9.17) is 14.2 Å². The van der Waals surface area contributed by atoms with E-state index in [2.05, 4.69) is 19.2 Å². The Morgan fingerprint density at radius 3 is 2.10 bits per heavy atom. The van der Waals surface area contributed by atoms with Crippen LogP contribution in [0.3, 0.4) is 0 Å². The molecule has 156 valence electrons. The van der Waals surface area contributed by atoms with Crippen LogP contribution < -0.4 is 19.5 Å². The summed E-state index contributed by atoms with van der Waals surface area (Å²) in [5.74, 6) is 1.39. The van der Waals surface area contributed by atoms with Gasteiger partial charge in [-0.2, -0.15) is 0 Å². The normalized spacial score (nSPS) is 10.6. The van der Waals surface area contributed by atoms with Crippen LogP contribution in [0.15, 0.2) is 66.7 Å². The van der Waals surface area contributed by atoms with Crippen molar-refractivity contribution in [2.75, 3.05) is 19.5 Å². The molecule has 1 N–H and O–H groups in total. The Kier molecular flexibility index (Phi) is 6.96. The summed E-state index contributed by atoms with van der Waals surface area (Å²) in [7, 11) is 3.08. The summed E-state index contributed by atoms with van der Waals surface area (Å²) in [5, 5.41) is 3.00. The molecule has 0 spiro atoms. The van der Waals surface area contributed by atoms with E-state index >= 15 is 0 Å². The molecule has 0 aliphatic rings. The summed E-state index contributed by atoms with van der Waals surface area (Å²) >= 11 is 0. The maximum atomic E-state index is 13.0. The Labute approximate surface area is 177 Å². The van der Waals surface area contributed by atoms with Crippen LogP contribution in [-0.2, 0) is 6.61 Å². The Bertz CT molecular complexity index is 974. The highest BCUT2D eigenvalue weighted by atomic mass is 16.5. The molecule has 0 saturated carbocycles. The smallest absolute Gasteiger partial charge is 0.255 e. The number of hydrogen-bond acceptors (Lipinski definition) is 4. The third-order valence-corrected chi connectivity index (χ3v) is 4.78. The van der Waals surface area contributed by atoms with E-state index in [9.17, 15) is 4.79 Å². The van der Waals surface area contributed by atoms with E-state index in [0.29, 0.717) is 35.3 Å². The molecular weight excluding hydrogens is 378 g/mol. The molecule has 0 saturated heterocycles. The quantitative estimate of drug-likeness (QED) is 0.525. The Balaban J connectivity index is 1.86. The molecule has 0 aliphatic heterocycles. The second kappa shape index (κ2) is 9.83. The fraction of sp³-hybridized carbons (Fsp3) is 0.240. The highest BCUT2D eigenvalue weighted by Crippen LogP contribution is 2.39. The molecule has 3 aromatic carbocycles. The average Bonchev–Trinajstić information content (AvgIpc) is 2.77. The van der Waals surface area contributed by atoms with Crippen molar-refractivity contribution in [3.63, 3.8) is 0 Å². The van der Waals surface area contributed by atoms with Crippen molar-refractivity contribution < 1.29 is 19.0 Å². The van der Waals surface area contributed by atoms with Gasteiger partial charge in [-0.25, -0.2) is 0 Å². The van der Waals surface area contributed by atoms with Crippen molar-refractivity contribution in [1.29, 1.82) is 0 Å². The first kappa shape index (κ1) is 21.2. The SMILES string of the molecule is COc1cc(C(=O)Nc2ccccc2C(C)C)cc(OC)c1OCc1ccccc1. The van der Waals surface area contributed by atoms with Crippen molar-refractivity contribution >= 4 is 11.6 Å². The van der Waals surface area contributed by atoms with Crippen molar-refractivity contribution in [3.8, 4) is 17.2 Å². The zero-order valence-corrected chi connectivity index (χ0v) is 17.8. The van der Waals surface area contributed by atoms with E-state index in [1.165, 1.54) is 0 Å². The van der Waals surface area contributed by atoms with E-state index in [1.54, 1.807) is 26.4 Å². The predicted octanol–water partition coefficient (Wildman–Crippen LogP) is 5.66. The molecule has 0 aromatic heterocycles. The van der Waals surface area contributed by atoms with Gasteiger partial charge in [0.25, 0.3) is 5.91 Å².